The third-order valence-electron chi connectivity index (χ3n) is 2.21. The molecule has 1 aromatic rings. The van der Waals surface area contributed by atoms with Crippen LogP contribution in [0.25, 0.3) is 0 Å². The summed E-state index contributed by atoms with van der Waals surface area (Å²) in [5, 5.41) is 11.4. The molecular formula is C10H9ClF5NO4S. The largest absolute Gasteiger partial charge is 0.534 e. The highest BCUT2D eigenvalue weighted by Crippen LogP contribution is 2.31. The number of alkyl halides is 4. The molecule has 0 spiro atoms. The molecule has 0 amide bonds. The van der Waals surface area contributed by atoms with Gasteiger partial charge in [-0.05, 0) is 0 Å². The third-order valence-corrected chi connectivity index (χ3v) is 3.53. The maximum atomic E-state index is 13.4. The number of nitrogens with one attached hydrogen (secondary N) is 1. The second-order valence-corrected chi connectivity index (χ2v) is 5.78. The maximum absolute atomic E-state index is 13.4. The van der Waals surface area contributed by atoms with E-state index in [1.165, 1.54) is 0 Å². The van der Waals surface area contributed by atoms with Gasteiger partial charge < -0.3 is 14.6 Å². The molecule has 2 N–H and O–H groups in total. The van der Waals surface area contributed by atoms with Crippen LogP contribution in [0.1, 0.15) is 0 Å². The van der Waals surface area contributed by atoms with E-state index in [1.807, 2.05) is 0 Å². The minimum absolute atomic E-state index is 0.136. The van der Waals surface area contributed by atoms with Gasteiger partial charge in [-0.15, -0.1) is 11.6 Å². The van der Waals surface area contributed by atoms with E-state index < -0.39 is 44.8 Å². The van der Waals surface area contributed by atoms with Crippen molar-refractivity contribution in [2.75, 3.05) is 17.7 Å². The number of anilines is 1. The zero-order valence-corrected chi connectivity index (χ0v) is 12.1. The molecule has 22 heavy (non-hydrogen) atoms. The van der Waals surface area contributed by atoms with Crippen LogP contribution in [0.2, 0.25) is 0 Å². The SMILES string of the molecule is O=S(=O)(Oc1cc(NCC(O)CCl)c(F)cc1F)C(F)(F)F. The monoisotopic (exact) mass is 369 g/mol. The van der Waals surface area contributed by atoms with E-state index in [2.05, 4.69) is 9.50 Å². The van der Waals surface area contributed by atoms with Gasteiger partial charge in [0, 0.05) is 18.7 Å². The minimum Gasteiger partial charge on any atom is -0.390 e. The lowest BCUT2D eigenvalue weighted by atomic mass is 10.2. The van der Waals surface area contributed by atoms with Crippen LogP contribution in [0, 0.1) is 11.6 Å². The second kappa shape index (κ2) is 6.84. The summed E-state index contributed by atoms with van der Waals surface area (Å²) in [5.41, 5.74) is -6.34. The van der Waals surface area contributed by atoms with Crippen molar-refractivity contribution in [2.45, 2.75) is 11.6 Å². The van der Waals surface area contributed by atoms with E-state index in [1.54, 1.807) is 0 Å². The number of aliphatic hydroxyl groups excluding tert-OH is 1. The maximum Gasteiger partial charge on any atom is 0.534 e. The Bertz CT molecular complexity index is 637. The average molecular weight is 370 g/mol. The van der Waals surface area contributed by atoms with Gasteiger partial charge in [-0.25, -0.2) is 8.78 Å². The predicted molar refractivity (Wildman–Crippen MR) is 67.2 cm³/mol. The van der Waals surface area contributed by atoms with E-state index in [-0.39, 0.29) is 18.5 Å². The van der Waals surface area contributed by atoms with Crippen molar-refractivity contribution < 1.29 is 39.7 Å². The van der Waals surface area contributed by atoms with Crippen molar-refractivity contribution in [2.24, 2.45) is 0 Å². The second-order valence-electron chi connectivity index (χ2n) is 3.93. The topological polar surface area (TPSA) is 75.6 Å². The highest BCUT2D eigenvalue weighted by atomic mass is 35.5. The first-order valence-corrected chi connectivity index (χ1v) is 7.40. The van der Waals surface area contributed by atoms with Crippen molar-refractivity contribution in [3.05, 3.63) is 23.8 Å². The summed E-state index contributed by atoms with van der Waals surface area (Å²) < 4.78 is 88.4. The fourth-order valence-electron chi connectivity index (χ4n) is 1.18. The standard InChI is InChI=1S/C10H9ClF5NO4S/c11-3-5(18)4-17-8-2-9(7(13)1-6(8)12)21-22(19,20)10(14,15)16/h1-2,5,17-18H,3-4H2. The molecule has 0 aliphatic rings. The van der Waals surface area contributed by atoms with E-state index in [9.17, 15) is 30.4 Å². The Morgan fingerprint density at radius 1 is 1.27 bits per heavy atom. The Labute approximate surface area is 126 Å². The lowest BCUT2D eigenvalue weighted by molar-refractivity contribution is -0.0500. The molecule has 12 heteroatoms. The number of aliphatic hydroxyl groups is 1. The first kappa shape index (κ1) is 18.7. The Morgan fingerprint density at radius 2 is 1.86 bits per heavy atom. The smallest absolute Gasteiger partial charge is 0.390 e. The van der Waals surface area contributed by atoms with Crippen LogP contribution in [0.4, 0.5) is 27.6 Å². The lowest BCUT2D eigenvalue weighted by Crippen LogP contribution is -2.28. The molecule has 0 saturated heterocycles. The first-order valence-electron chi connectivity index (χ1n) is 5.45. The predicted octanol–water partition coefficient (Wildman–Crippen LogP) is 2.20. The van der Waals surface area contributed by atoms with Crippen molar-refractivity contribution in [1.82, 2.24) is 0 Å². The Hall–Kier alpha value is -1.33. The fraction of sp³-hybridized carbons (Fsp3) is 0.400. The van der Waals surface area contributed by atoms with Crippen LogP contribution < -0.4 is 9.50 Å². The number of benzene rings is 1. The van der Waals surface area contributed by atoms with Crippen LogP contribution in [0.5, 0.6) is 5.75 Å². The molecule has 1 aromatic carbocycles. The molecule has 126 valence electrons. The van der Waals surface area contributed by atoms with E-state index >= 15 is 0 Å². The molecule has 0 aliphatic carbocycles. The van der Waals surface area contributed by atoms with Crippen molar-refractivity contribution in [1.29, 1.82) is 0 Å². The highest BCUT2D eigenvalue weighted by molar-refractivity contribution is 7.88. The minimum atomic E-state index is -6.10. The third kappa shape index (κ3) is 4.58. The molecule has 0 aromatic heterocycles. The van der Waals surface area contributed by atoms with Gasteiger partial charge in [0.2, 0.25) is 0 Å². The van der Waals surface area contributed by atoms with Crippen LogP contribution in [-0.2, 0) is 10.1 Å². The van der Waals surface area contributed by atoms with E-state index in [4.69, 9.17) is 16.7 Å². The summed E-state index contributed by atoms with van der Waals surface area (Å²) in [6.07, 6.45) is -1.12. The number of rotatable bonds is 6. The molecular weight excluding hydrogens is 361 g/mol. The van der Waals surface area contributed by atoms with Crippen LogP contribution in [0.3, 0.4) is 0 Å². The van der Waals surface area contributed by atoms with Gasteiger partial charge >= 0.3 is 15.6 Å². The van der Waals surface area contributed by atoms with Crippen LogP contribution in [-0.4, -0.2) is 37.6 Å². The zero-order chi connectivity index (χ0) is 17.1. The Morgan fingerprint density at radius 3 is 2.36 bits per heavy atom. The summed E-state index contributed by atoms with van der Waals surface area (Å²) >= 11 is 5.28. The van der Waals surface area contributed by atoms with Gasteiger partial charge in [0.25, 0.3) is 0 Å². The number of halogens is 6. The molecule has 1 rings (SSSR count). The number of hydrogen-bond donors (Lipinski definition) is 2. The van der Waals surface area contributed by atoms with Crippen molar-refractivity contribution >= 4 is 27.4 Å². The van der Waals surface area contributed by atoms with Gasteiger partial charge in [0.05, 0.1) is 17.7 Å². The molecule has 0 heterocycles. The van der Waals surface area contributed by atoms with Gasteiger partial charge in [0.15, 0.2) is 11.6 Å². The fourth-order valence-corrected chi connectivity index (χ4v) is 1.74. The molecule has 5 nitrogen and oxygen atoms in total. The van der Waals surface area contributed by atoms with Gasteiger partial charge in [-0.3, -0.25) is 0 Å². The molecule has 0 aliphatic heterocycles. The van der Waals surface area contributed by atoms with Gasteiger partial charge in [0.1, 0.15) is 5.82 Å². The van der Waals surface area contributed by atoms with Gasteiger partial charge in [-0.1, -0.05) is 0 Å². The average Bonchev–Trinajstić information content (AvgIpc) is 2.38. The summed E-state index contributed by atoms with van der Waals surface area (Å²) in [7, 11) is -6.10. The van der Waals surface area contributed by atoms with E-state index in [0.29, 0.717) is 6.07 Å². The van der Waals surface area contributed by atoms with Gasteiger partial charge in [-0.2, -0.15) is 21.6 Å². The summed E-state index contributed by atoms with van der Waals surface area (Å²) in [5.74, 6) is -4.44. The molecule has 0 saturated carbocycles. The highest BCUT2D eigenvalue weighted by Gasteiger charge is 2.49. The quantitative estimate of drug-likeness (QED) is 0.348. The van der Waals surface area contributed by atoms with Crippen LogP contribution >= 0.6 is 11.6 Å². The van der Waals surface area contributed by atoms with Crippen molar-refractivity contribution in [3.8, 4) is 5.75 Å². The molecule has 1 atom stereocenters. The normalized spacial score (nSPS) is 13.8. The lowest BCUT2D eigenvalue weighted by Gasteiger charge is -2.14. The summed E-state index contributed by atoms with van der Waals surface area (Å²) in [6, 6.07) is 0.519. The zero-order valence-electron chi connectivity index (χ0n) is 10.5. The summed E-state index contributed by atoms with van der Waals surface area (Å²) in [4.78, 5) is 0. The molecule has 0 bridgehead atoms. The first-order chi connectivity index (χ1) is 9.98. The molecule has 1 unspecified atom stereocenters. The van der Waals surface area contributed by atoms with Crippen LogP contribution in [0.15, 0.2) is 12.1 Å². The van der Waals surface area contributed by atoms with E-state index in [0.717, 1.165) is 0 Å². The Balaban J connectivity index is 3.07. The van der Waals surface area contributed by atoms with Crippen molar-refractivity contribution in [3.63, 3.8) is 0 Å². The summed E-state index contributed by atoms with van der Waals surface area (Å²) in [6.45, 7) is -0.308. The Kier molecular flexibility index (Phi) is 5.82. The molecule has 0 fully saturated rings. The molecule has 0 radical (unpaired) electrons. The number of hydrogen-bond acceptors (Lipinski definition) is 5.